The number of carbonyl (C=O) groups excluding carboxylic acids is 1. The number of benzene rings is 1. The molecule has 0 aliphatic carbocycles. The molecule has 0 saturated carbocycles. The molecule has 0 unspecified atom stereocenters. The van der Waals surface area contributed by atoms with Gasteiger partial charge in [-0.05, 0) is 18.2 Å². The summed E-state index contributed by atoms with van der Waals surface area (Å²) >= 11 is 3.45. The van der Waals surface area contributed by atoms with Crippen LogP contribution in [-0.4, -0.2) is 31.3 Å². The Labute approximate surface area is 122 Å². The molecular formula is C14H20BrNO3. The zero-order chi connectivity index (χ0) is 14.5. The van der Waals surface area contributed by atoms with E-state index in [-0.39, 0.29) is 24.3 Å². The number of aliphatic hydroxyl groups is 1. The Bertz CT molecular complexity index is 446. The summed E-state index contributed by atoms with van der Waals surface area (Å²) in [6, 6.07) is 5.82. The van der Waals surface area contributed by atoms with Crippen molar-refractivity contribution in [1.29, 1.82) is 0 Å². The van der Waals surface area contributed by atoms with E-state index in [0.29, 0.717) is 6.54 Å². The summed E-state index contributed by atoms with van der Waals surface area (Å²) in [5, 5.41) is 11.5. The highest BCUT2D eigenvalue weighted by Gasteiger charge is 2.25. The quantitative estimate of drug-likeness (QED) is 0.841. The lowest BCUT2D eigenvalue weighted by molar-refractivity contribution is -0.121. The maximum absolute atomic E-state index is 11.4. The van der Waals surface area contributed by atoms with Crippen molar-refractivity contribution in [2.75, 3.05) is 20.3 Å². The summed E-state index contributed by atoms with van der Waals surface area (Å²) in [6.45, 7) is 4.43. The molecule has 1 amide bonds. The Morgan fingerprint density at radius 2 is 2.16 bits per heavy atom. The summed E-state index contributed by atoms with van der Waals surface area (Å²) in [5.74, 6) is 0.647. The van der Waals surface area contributed by atoms with Crippen LogP contribution in [0.5, 0.6) is 5.75 Å². The SMILES string of the molecule is COc1ccc(Br)cc1C(C)(C)CNC(=O)CCO. The van der Waals surface area contributed by atoms with Gasteiger partial charge in [0.2, 0.25) is 5.91 Å². The standard InChI is InChI=1S/C14H20BrNO3/c1-14(2,9-16-13(18)6-7-17)11-8-10(15)4-5-12(11)19-3/h4-5,8,17H,6-7,9H2,1-3H3,(H,16,18). The molecule has 0 atom stereocenters. The Morgan fingerprint density at radius 3 is 2.74 bits per heavy atom. The molecule has 0 radical (unpaired) electrons. The van der Waals surface area contributed by atoms with Gasteiger partial charge in [0.15, 0.2) is 0 Å². The lowest BCUT2D eigenvalue weighted by atomic mass is 9.84. The molecule has 0 aliphatic heterocycles. The van der Waals surface area contributed by atoms with Crippen molar-refractivity contribution < 1.29 is 14.6 Å². The van der Waals surface area contributed by atoms with Gasteiger partial charge in [-0.15, -0.1) is 0 Å². The number of ether oxygens (including phenoxy) is 1. The number of hydrogen-bond donors (Lipinski definition) is 2. The number of halogens is 1. The van der Waals surface area contributed by atoms with Gasteiger partial charge in [-0.2, -0.15) is 0 Å². The molecule has 19 heavy (non-hydrogen) atoms. The number of rotatable bonds is 6. The van der Waals surface area contributed by atoms with Gasteiger partial charge in [-0.3, -0.25) is 4.79 Å². The Morgan fingerprint density at radius 1 is 1.47 bits per heavy atom. The first-order valence-electron chi connectivity index (χ1n) is 6.12. The van der Waals surface area contributed by atoms with Gasteiger partial charge in [0, 0.05) is 28.4 Å². The highest BCUT2D eigenvalue weighted by molar-refractivity contribution is 9.10. The molecule has 0 aliphatic rings. The molecule has 1 aromatic carbocycles. The minimum atomic E-state index is -0.264. The van der Waals surface area contributed by atoms with Gasteiger partial charge in [-0.25, -0.2) is 0 Å². The number of amides is 1. The highest BCUT2D eigenvalue weighted by Crippen LogP contribution is 2.33. The van der Waals surface area contributed by atoms with Crippen molar-refractivity contribution >= 4 is 21.8 Å². The van der Waals surface area contributed by atoms with E-state index in [2.05, 4.69) is 21.2 Å². The van der Waals surface area contributed by atoms with Crippen LogP contribution in [0.15, 0.2) is 22.7 Å². The van der Waals surface area contributed by atoms with Crippen LogP contribution in [-0.2, 0) is 10.2 Å². The van der Waals surface area contributed by atoms with E-state index in [0.717, 1.165) is 15.8 Å². The molecule has 106 valence electrons. The fraction of sp³-hybridized carbons (Fsp3) is 0.500. The lowest BCUT2D eigenvalue weighted by Gasteiger charge is -2.27. The van der Waals surface area contributed by atoms with Crippen LogP contribution in [0.1, 0.15) is 25.8 Å². The molecule has 1 rings (SSSR count). The van der Waals surface area contributed by atoms with Gasteiger partial charge in [-0.1, -0.05) is 29.8 Å². The van der Waals surface area contributed by atoms with Crippen LogP contribution in [0.3, 0.4) is 0 Å². The topological polar surface area (TPSA) is 58.6 Å². The molecule has 0 fully saturated rings. The first kappa shape index (κ1) is 16.0. The van der Waals surface area contributed by atoms with E-state index in [4.69, 9.17) is 9.84 Å². The van der Waals surface area contributed by atoms with Crippen LogP contribution in [0.25, 0.3) is 0 Å². The number of hydrogen-bond acceptors (Lipinski definition) is 3. The molecule has 0 bridgehead atoms. The van der Waals surface area contributed by atoms with Gasteiger partial charge in [0.25, 0.3) is 0 Å². The fourth-order valence-electron chi connectivity index (χ4n) is 1.81. The number of carbonyl (C=O) groups is 1. The molecular weight excluding hydrogens is 310 g/mol. The molecule has 0 saturated heterocycles. The smallest absolute Gasteiger partial charge is 0.222 e. The second kappa shape index (κ2) is 6.91. The molecule has 4 nitrogen and oxygen atoms in total. The van der Waals surface area contributed by atoms with Gasteiger partial charge < -0.3 is 15.2 Å². The van der Waals surface area contributed by atoms with Crippen LogP contribution in [0, 0.1) is 0 Å². The van der Waals surface area contributed by atoms with E-state index in [1.165, 1.54) is 0 Å². The third kappa shape index (κ3) is 4.51. The van der Waals surface area contributed by atoms with Crippen molar-refractivity contribution in [3.05, 3.63) is 28.2 Å². The third-order valence-electron chi connectivity index (χ3n) is 2.96. The van der Waals surface area contributed by atoms with E-state index < -0.39 is 0 Å². The minimum Gasteiger partial charge on any atom is -0.496 e. The normalized spacial score (nSPS) is 11.2. The van der Waals surface area contributed by atoms with Crippen LogP contribution in [0.2, 0.25) is 0 Å². The Hall–Kier alpha value is -1.07. The molecule has 5 heteroatoms. The van der Waals surface area contributed by atoms with E-state index >= 15 is 0 Å². The van der Waals surface area contributed by atoms with Crippen LogP contribution >= 0.6 is 15.9 Å². The summed E-state index contributed by atoms with van der Waals surface area (Å²) in [6.07, 6.45) is 0.131. The Balaban J connectivity index is 2.86. The summed E-state index contributed by atoms with van der Waals surface area (Å²) in [5.41, 5.74) is 0.758. The second-order valence-electron chi connectivity index (χ2n) is 4.98. The molecule has 0 aromatic heterocycles. The zero-order valence-electron chi connectivity index (χ0n) is 11.5. The maximum Gasteiger partial charge on any atom is 0.222 e. The molecule has 1 aromatic rings. The monoisotopic (exact) mass is 329 g/mol. The number of aliphatic hydroxyl groups excluding tert-OH is 1. The average Bonchev–Trinajstić information content (AvgIpc) is 2.37. The van der Waals surface area contributed by atoms with Gasteiger partial charge in [0.05, 0.1) is 13.7 Å². The highest BCUT2D eigenvalue weighted by atomic mass is 79.9. The first-order valence-corrected chi connectivity index (χ1v) is 6.91. The average molecular weight is 330 g/mol. The predicted molar refractivity (Wildman–Crippen MR) is 78.4 cm³/mol. The van der Waals surface area contributed by atoms with Crippen molar-refractivity contribution in [3.8, 4) is 5.75 Å². The predicted octanol–water partition coefficient (Wildman–Crippen LogP) is 2.23. The number of methoxy groups -OCH3 is 1. The fourth-order valence-corrected chi connectivity index (χ4v) is 2.17. The van der Waals surface area contributed by atoms with Crippen molar-refractivity contribution in [2.45, 2.75) is 25.7 Å². The Kier molecular flexibility index (Phi) is 5.82. The van der Waals surface area contributed by atoms with Crippen molar-refractivity contribution in [3.63, 3.8) is 0 Å². The van der Waals surface area contributed by atoms with E-state index in [1.54, 1.807) is 7.11 Å². The van der Waals surface area contributed by atoms with Crippen molar-refractivity contribution in [2.24, 2.45) is 0 Å². The molecule has 0 heterocycles. The van der Waals surface area contributed by atoms with Crippen LogP contribution in [0.4, 0.5) is 0 Å². The minimum absolute atomic E-state index is 0.131. The van der Waals surface area contributed by atoms with Gasteiger partial charge >= 0.3 is 0 Å². The maximum atomic E-state index is 11.4. The summed E-state index contributed by atoms with van der Waals surface area (Å²) in [4.78, 5) is 11.4. The van der Waals surface area contributed by atoms with E-state index in [1.807, 2.05) is 32.0 Å². The lowest BCUT2D eigenvalue weighted by Crippen LogP contribution is -2.37. The molecule has 0 spiro atoms. The first-order chi connectivity index (χ1) is 8.90. The summed E-state index contributed by atoms with van der Waals surface area (Å²) < 4.78 is 6.34. The number of nitrogens with one attached hydrogen (secondary N) is 1. The summed E-state index contributed by atoms with van der Waals surface area (Å²) in [7, 11) is 1.63. The van der Waals surface area contributed by atoms with Crippen LogP contribution < -0.4 is 10.1 Å². The second-order valence-corrected chi connectivity index (χ2v) is 5.89. The molecule has 2 N–H and O–H groups in total. The van der Waals surface area contributed by atoms with E-state index in [9.17, 15) is 4.79 Å². The van der Waals surface area contributed by atoms with Crippen molar-refractivity contribution in [1.82, 2.24) is 5.32 Å². The third-order valence-corrected chi connectivity index (χ3v) is 3.45. The zero-order valence-corrected chi connectivity index (χ0v) is 13.1. The largest absolute Gasteiger partial charge is 0.496 e. The van der Waals surface area contributed by atoms with Gasteiger partial charge in [0.1, 0.15) is 5.75 Å².